The molecule has 0 amide bonds. The van der Waals surface area contributed by atoms with Gasteiger partial charge in [-0.15, -0.1) is 0 Å². The Morgan fingerprint density at radius 1 is 1.29 bits per heavy atom. The maximum Gasteiger partial charge on any atom is 0.339 e. The van der Waals surface area contributed by atoms with Crippen molar-refractivity contribution in [2.45, 2.75) is 19.9 Å². The lowest BCUT2D eigenvalue weighted by Gasteiger charge is -2.20. The molecule has 24 heavy (non-hydrogen) atoms. The first-order valence-corrected chi connectivity index (χ1v) is 7.82. The number of benzene rings is 1. The van der Waals surface area contributed by atoms with E-state index < -0.39 is 0 Å². The van der Waals surface area contributed by atoms with Gasteiger partial charge in [-0.2, -0.15) is 5.10 Å². The second-order valence-electron chi connectivity index (χ2n) is 6.00. The van der Waals surface area contributed by atoms with E-state index in [1.165, 1.54) is 0 Å². The quantitative estimate of drug-likeness (QED) is 0.577. The van der Waals surface area contributed by atoms with Gasteiger partial charge in [-0.3, -0.25) is 10.00 Å². The van der Waals surface area contributed by atoms with Crippen molar-refractivity contribution >= 4 is 16.9 Å². The molecular weight excluding hydrogens is 304 g/mol. The predicted molar refractivity (Wildman–Crippen MR) is 92.5 cm³/mol. The molecule has 0 aliphatic carbocycles. The fourth-order valence-electron chi connectivity index (χ4n) is 2.20. The molecule has 0 unspecified atom stereocenters. The van der Waals surface area contributed by atoms with Crippen LogP contribution in [0.15, 0.2) is 42.7 Å². The second kappa shape index (κ2) is 6.80. The highest BCUT2D eigenvalue weighted by Crippen LogP contribution is 2.21. The molecule has 0 saturated carbocycles. The molecule has 124 valence electrons. The Labute approximate surface area is 140 Å². The molecule has 2 heterocycles. The van der Waals surface area contributed by atoms with Gasteiger partial charge in [0, 0.05) is 23.2 Å². The largest absolute Gasteiger partial charge is 0.446 e. The van der Waals surface area contributed by atoms with Crippen molar-refractivity contribution in [3.8, 4) is 11.3 Å². The van der Waals surface area contributed by atoms with Crippen molar-refractivity contribution in [1.82, 2.24) is 20.1 Å². The fraction of sp³-hybridized carbons (Fsp3) is 0.278. The van der Waals surface area contributed by atoms with Gasteiger partial charge < -0.3 is 4.74 Å². The maximum absolute atomic E-state index is 12.2. The van der Waals surface area contributed by atoms with E-state index in [2.05, 4.69) is 15.2 Å². The molecule has 0 spiro atoms. The summed E-state index contributed by atoms with van der Waals surface area (Å²) >= 11 is 0. The Kier molecular flexibility index (Phi) is 4.57. The van der Waals surface area contributed by atoms with Crippen molar-refractivity contribution in [3.05, 3.63) is 48.3 Å². The van der Waals surface area contributed by atoms with Gasteiger partial charge in [0.15, 0.2) is 0 Å². The van der Waals surface area contributed by atoms with Crippen molar-refractivity contribution in [2.75, 3.05) is 13.8 Å². The van der Waals surface area contributed by atoms with Crippen LogP contribution in [0, 0.1) is 0 Å². The molecule has 3 rings (SSSR count). The lowest BCUT2D eigenvalue weighted by molar-refractivity contribution is 0.0214. The molecule has 0 bridgehead atoms. The molecule has 0 saturated heterocycles. The van der Waals surface area contributed by atoms with Crippen molar-refractivity contribution in [1.29, 1.82) is 0 Å². The molecule has 0 atom stereocenters. The second-order valence-corrected chi connectivity index (χ2v) is 6.00. The van der Waals surface area contributed by atoms with E-state index in [0.29, 0.717) is 11.6 Å². The number of fused-ring (bicyclic) bond motifs is 1. The average molecular weight is 324 g/mol. The zero-order valence-electron chi connectivity index (χ0n) is 14.0. The van der Waals surface area contributed by atoms with Gasteiger partial charge in [0.2, 0.25) is 0 Å². The third kappa shape index (κ3) is 3.44. The monoisotopic (exact) mass is 324 g/mol. The summed E-state index contributed by atoms with van der Waals surface area (Å²) in [4.78, 5) is 18.7. The van der Waals surface area contributed by atoms with Crippen LogP contribution >= 0.6 is 0 Å². The fourth-order valence-corrected chi connectivity index (χ4v) is 2.20. The number of pyridine rings is 1. The number of ether oxygens (including phenoxy) is 1. The highest BCUT2D eigenvalue weighted by atomic mass is 16.5. The van der Waals surface area contributed by atoms with E-state index in [1.807, 2.05) is 44.0 Å². The van der Waals surface area contributed by atoms with Crippen LogP contribution in [0.25, 0.3) is 22.2 Å². The molecular formula is C18H20N4O2. The zero-order valence-corrected chi connectivity index (χ0v) is 14.0. The van der Waals surface area contributed by atoms with Gasteiger partial charge in [-0.1, -0.05) is 6.07 Å². The van der Waals surface area contributed by atoms with E-state index in [4.69, 9.17) is 4.74 Å². The minimum absolute atomic E-state index is 0.270. The lowest BCUT2D eigenvalue weighted by atomic mass is 10.1. The summed E-state index contributed by atoms with van der Waals surface area (Å²) in [5.74, 6) is -0.330. The molecule has 1 aromatic carbocycles. The molecule has 0 aliphatic heterocycles. The van der Waals surface area contributed by atoms with Crippen molar-refractivity contribution < 1.29 is 9.53 Å². The first kappa shape index (κ1) is 16.1. The zero-order chi connectivity index (χ0) is 17.1. The number of aromatic amines is 1. The van der Waals surface area contributed by atoms with Crippen LogP contribution in [0.3, 0.4) is 0 Å². The Morgan fingerprint density at radius 3 is 2.83 bits per heavy atom. The average Bonchev–Trinajstić information content (AvgIpc) is 3.12. The van der Waals surface area contributed by atoms with Gasteiger partial charge in [0.05, 0.1) is 23.0 Å². The van der Waals surface area contributed by atoms with Crippen LogP contribution in [0.1, 0.15) is 24.2 Å². The van der Waals surface area contributed by atoms with Crippen LogP contribution < -0.4 is 0 Å². The minimum Gasteiger partial charge on any atom is -0.446 e. The summed E-state index contributed by atoms with van der Waals surface area (Å²) in [6, 6.07) is 9.56. The Balaban J connectivity index is 1.79. The number of hydrogen-bond donors (Lipinski definition) is 1. The minimum atomic E-state index is -0.330. The number of aromatic nitrogens is 3. The number of esters is 1. The van der Waals surface area contributed by atoms with Gasteiger partial charge in [-0.05, 0) is 45.2 Å². The van der Waals surface area contributed by atoms with E-state index in [0.717, 1.165) is 22.2 Å². The summed E-state index contributed by atoms with van der Waals surface area (Å²) < 4.78 is 5.34. The number of nitrogens with zero attached hydrogens (tertiary/aromatic N) is 3. The SMILES string of the molecule is CC(C)N(C)COC(=O)c1ccc2nc(-c3cn[nH]c3)ccc2c1. The summed E-state index contributed by atoms with van der Waals surface area (Å²) in [6.45, 7) is 4.37. The van der Waals surface area contributed by atoms with Gasteiger partial charge in [0.1, 0.15) is 6.73 Å². The van der Waals surface area contributed by atoms with Crippen molar-refractivity contribution in [3.63, 3.8) is 0 Å². The van der Waals surface area contributed by atoms with Crippen LogP contribution in [0.5, 0.6) is 0 Å². The molecule has 1 N–H and O–H groups in total. The summed E-state index contributed by atoms with van der Waals surface area (Å²) in [7, 11) is 1.92. The van der Waals surface area contributed by atoms with Gasteiger partial charge in [0.25, 0.3) is 0 Å². The van der Waals surface area contributed by atoms with E-state index in [-0.39, 0.29) is 12.7 Å². The van der Waals surface area contributed by atoms with Crippen LogP contribution in [-0.4, -0.2) is 45.9 Å². The molecule has 6 nitrogen and oxygen atoms in total. The molecule has 2 aromatic heterocycles. The van der Waals surface area contributed by atoms with Crippen LogP contribution in [0.4, 0.5) is 0 Å². The van der Waals surface area contributed by atoms with Gasteiger partial charge >= 0.3 is 5.97 Å². The normalized spacial score (nSPS) is 11.4. The topological polar surface area (TPSA) is 71.1 Å². The Hall–Kier alpha value is -2.73. The molecule has 6 heteroatoms. The first-order valence-electron chi connectivity index (χ1n) is 7.82. The van der Waals surface area contributed by atoms with Gasteiger partial charge in [-0.25, -0.2) is 9.78 Å². The number of nitrogens with one attached hydrogen (secondary N) is 1. The van der Waals surface area contributed by atoms with E-state index in [9.17, 15) is 4.79 Å². The first-order chi connectivity index (χ1) is 11.5. The summed E-state index contributed by atoms with van der Waals surface area (Å²) in [5, 5.41) is 7.61. The van der Waals surface area contributed by atoms with E-state index in [1.54, 1.807) is 24.5 Å². The predicted octanol–water partition coefficient (Wildman–Crippen LogP) is 3.08. The molecule has 0 fully saturated rings. The number of carbonyl (C=O) groups is 1. The number of carbonyl (C=O) groups excluding carboxylic acids is 1. The molecule has 0 aliphatic rings. The standard InChI is InChI=1S/C18H20N4O2/c1-12(2)22(3)11-24-18(23)14-5-7-16-13(8-14)4-6-17(21-16)15-9-19-20-10-15/h4-10,12H,11H2,1-3H3,(H,19,20). The molecule has 0 radical (unpaired) electrons. The van der Waals surface area contributed by atoms with E-state index >= 15 is 0 Å². The molecule has 3 aromatic rings. The third-order valence-electron chi connectivity index (χ3n) is 4.00. The Bertz CT molecular complexity index is 843. The van der Waals surface area contributed by atoms with Crippen LogP contribution in [-0.2, 0) is 4.74 Å². The smallest absolute Gasteiger partial charge is 0.339 e. The number of hydrogen-bond acceptors (Lipinski definition) is 5. The number of rotatable bonds is 5. The third-order valence-corrected chi connectivity index (χ3v) is 4.00. The maximum atomic E-state index is 12.2. The summed E-state index contributed by atoms with van der Waals surface area (Å²) in [6.07, 6.45) is 3.52. The highest BCUT2D eigenvalue weighted by molar-refractivity contribution is 5.94. The lowest BCUT2D eigenvalue weighted by Crippen LogP contribution is -2.30. The Morgan fingerprint density at radius 2 is 2.12 bits per heavy atom. The highest BCUT2D eigenvalue weighted by Gasteiger charge is 2.11. The van der Waals surface area contributed by atoms with Crippen LogP contribution in [0.2, 0.25) is 0 Å². The number of H-pyrrole nitrogens is 1. The summed E-state index contributed by atoms with van der Waals surface area (Å²) in [5.41, 5.74) is 3.12. The van der Waals surface area contributed by atoms with Crippen molar-refractivity contribution in [2.24, 2.45) is 0 Å².